The lowest BCUT2D eigenvalue weighted by atomic mass is 9.99. The van der Waals surface area contributed by atoms with Crippen LogP contribution in [0.15, 0.2) is 54.6 Å². The van der Waals surface area contributed by atoms with E-state index in [9.17, 15) is 0 Å². The van der Waals surface area contributed by atoms with Gasteiger partial charge in [0.1, 0.15) is 10.5 Å². The first-order chi connectivity index (χ1) is 9.34. The van der Waals surface area contributed by atoms with Gasteiger partial charge in [0.15, 0.2) is 0 Å². The molecule has 0 bridgehead atoms. The number of nitrogens with zero attached hydrogens (tertiary/aromatic N) is 1. The number of hydrogen-bond acceptors (Lipinski definition) is 3. The van der Waals surface area contributed by atoms with E-state index >= 15 is 0 Å². The van der Waals surface area contributed by atoms with Gasteiger partial charge in [-0.15, -0.1) is 0 Å². The monoisotopic (exact) mass is 284 g/mol. The number of hydrogen-bond donors (Lipinski definition) is 1. The number of nitrogens with one attached hydrogen (secondary N) is 1. The molecule has 0 aromatic heterocycles. The Morgan fingerprint density at radius 3 is 2.58 bits per heavy atom. The van der Waals surface area contributed by atoms with E-state index in [1.165, 1.54) is 16.8 Å². The second kappa shape index (κ2) is 4.34. The number of para-hydroxylation sites is 1. The molecule has 4 rings (SSSR count). The number of fused-ring (bicyclic) bond motifs is 4. The highest BCUT2D eigenvalue weighted by Crippen LogP contribution is 2.49. The Hall–Kier alpha value is -1.36. The van der Waals surface area contributed by atoms with Crippen LogP contribution in [0.4, 0.5) is 5.69 Å². The highest BCUT2D eigenvalue weighted by Gasteiger charge is 2.42. The Kier molecular flexibility index (Phi) is 2.62. The van der Waals surface area contributed by atoms with Gasteiger partial charge in [0.2, 0.25) is 0 Å². The number of rotatable bonds is 1. The summed E-state index contributed by atoms with van der Waals surface area (Å²) in [6.45, 7) is 0. The molecule has 1 N–H and O–H groups in total. The van der Waals surface area contributed by atoms with Gasteiger partial charge in [-0.2, -0.15) is 0 Å². The topological polar surface area (TPSA) is 15.3 Å². The van der Waals surface area contributed by atoms with Gasteiger partial charge in [0, 0.05) is 5.56 Å². The predicted molar refractivity (Wildman–Crippen MR) is 84.2 cm³/mol. The van der Waals surface area contributed by atoms with Crippen LogP contribution in [-0.4, -0.2) is 4.32 Å². The molecule has 2 aliphatic rings. The smallest absolute Gasteiger partial charge is 0.144 e. The predicted octanol–water partition coefficient (Wildman–Crippen LogP) is 3.83. The highest BCUT2D eigenvalue weighted by atomic mass is 32.2. The van der Waals surface area contributed by atoms with Gasteiger partial charge in [0.25, 0.3) is 0 Å². The van der Waals surface area contributed by atoms with Crippen molar-refractivity contribution in [3.8, 4) is 0 Å². The van der Waals surface area contributed by atoms with Crippen molar-refractivity contribution in [2.75, 3.05) is 4.90 Å². The van der Waals surface area contributed by atoms with Crippen LogP contribution in [0, 0.1) is 0 Å². The molecule has 2 nitrogen and oxygen atoms in total. The molecule has 2 unspecified atom stereocenters. The van der Waals surface area contributed by atoms with Gasteiger partial charge in [-0.25, -0.2) is 0 Å². The maximum absolute atomic E-state index is 5.56. The first kappa shape index (κ1) is 11.5. The van der Waals surface area contributed by atoms with Gasteiger partial charge < -0.3 is 4.90 Å². The normalized spacial score (nSPS) is 24.4. The Labute approximate surface area is 121 Å². The highest BCUT2D eigenvalue weighted by molar-refractivity contribution is 8.23. The van der Waals surface area contributed by atoms with E-state index in [4.69, 9.17) is 12.2 Å². The average Bonchev–Trinajstić information content (AvgIpc) is 2.45. The van der Waals surface area contributed by atoms with Crippen LogP contribution in [-0.2, 0) is 0 Å². The van der Waals surface area contributed by atoms with Crippen molar-refractivity contribution < 1.29 is 0 Å². The fraction of sp³-hybridized carbons (Fsp3) is 0.133. The Morgan fingerprint density at radius 1 is 1.00 bits per heavy atom. The van der Waals surface area contributed by atoms with E-state index in [-0.39, 0.29) is 11.5 Å². The van der Waals surface area contributed by atoms with Crippen molar-refractivity contribution in [2.24, 2.45) is 0 Å². The summed E-state index contributed by atoms with van der Waals surface area (Å²) in [7, 11) is 0. The van der Waals surface area contributed by atoms with Crippen molar-refractivity contribution in [2.45, 2.75) is 11.5 Å². The maximum atomic E-state index is 5.56. The van der Waals surface area contributed by atoms with Gasteiger partial charge >= 0.3 is 0 Å². The molecule has 19 heavy (non-hydrogen) atoms. The molecular formula is C15H12N2S2. The number of thioether (sulfide) groups is 1. The zero-order valence-corrected chi connectivity index (χ0v) is 11.7. The molecule has 1 fully saturated rings. The minimum Gasteiger partial charge on any atom is -0.306 e. The summed E-state index contributed by atoms with van der Waals surface area (Å²) in [5.74, 6) is 0. The minimum absolute atomic E-state index is 0.232. The van der Waals surface area contributed by atoms with Crippen molar-refractivity contribution in [3.63, 3.8) is 0 Å². The molecule has 2 aliphatic heterocycles. The number of thiocarbonyl (C=S) groups is 1. The molecule has 2 heterocycles. The Morgan fingerprint density at radius 2 is 1.74 bits per heavy atom. The molecule has 0 amide bonds. The van der Waals surface area contributed by atoms with Gasteiger partial charge in [-0.1, -0.05) is 72.5 Å². The van der Waals surface area contributed by atoms with Crippen molar-refractivity contribution in [1.29, 1.82) is 0 Å². The molecule has 0 saturated carbocycles. The average molecular weight is 284 g/mol. The van der Waals surface area contributed by atoms with E-state index in [1.807, 2.05) is 6.07 Å². The van der Waals surface area contributed by atoms with Gasteiger partial charge in [0.05, 0.1) is 11.1 Å². The van der Waals surface area contributed by atoms with E-state index in [2.05, 4.69) is 58.7 Å². The number of benzene rings is 2. The molecule has 0 aliphatic carbocycles. The Bertz CT molecular complexity index is 642. The third-order valence-electron chi connectivity index (χ3n) is 3.58. The maximum Gasteiger partial charge on any atom is 0.144 e. The standard InChI is InChI=1S/C15H12N2S2/c18-15-17-12-9-5-4-8-11(12)13(17)16-14(19-15)10-6-2-1-3-7-10/h1-9,13-14,16H. The zero-order chi connectivity index (χ0) is 12.8. The minimum atomic E-state index is 0.232. The van der Waals surface area contributed by atoms with Crippen LogP contribution in [0.25, 0.3) is 0 Å². The fourth-order valence-corrected chi connectivity index (χ4v) is 4.15. The lowest BCUT2D eigenvalue weighted by Crippen LogP contribution is -2.52. The first-order valence-electron chi connectivity index (χ1n) is 6.24. The Balaban J connectivity index is 1.68. The second-order valence-corrected chi connectivity index (χ2v) is 6.41. The van der Waals surface area contributed by atoms with E-state index < -0.39 is 0 Å². The first-order valence-corrected chi connectivity index (χ1v) is 7.53. The van der Waals surface area contributed by atoms with E-state index in [1.54, 1.807) is 11.8 Å². The molecule has 2 atom stereocenters. The van der Waals surface area contributed by atoms with Crippen molar-refractivity contribution in [1.82, 2.24) is 5.32 Å². The molecule has 0 radical (unpaired) electrons. The summed E-state index contributed by atoms with van der Waals surface area (Å²) in [6.07, 6.45) is 0.232. The summed E-state index contributed by atoms with van der Waals surface area (Å²) in [4.78, 5) is 2.20. The lowest BCUT2D eigenvalue weighted by Gasteiger charge is -2.49. The molecule has 2 aromatic carbocycles. The fourth-order valence-electron chi connectivity index (χ4n) is 2.65. The molecular weight excluding hydrogens is 272 g/mol. The van der Waals surface area contributed by atoms with Crippen LogP contribution in [0.3, 0.4) is 0 Å². The SMILES string of the molecule is S=C1SC(c2ccccc2)NC2c3ccccc3N12. The quantitative estimate of drug-likeness (QED) is 0.800. The summed E-state index contributed by atoms with van der Waals surface area (Å²) in [6, 6.07) is 18.9. The third kappa shape index (κ3) is 1.71. The number of anilines is 1. The molecule has 0 spiro atoms. The molecule has 1 saturated heterocycles. The lowest BCUT2D eigenvalue weighted by molar-refractivity contribution is 0.501. The summed E-state index contributed by atoms with van der Waals surface area (Å²) in [5.41, 5.74) is 3.86. The van der Waals surface area contributed by atoms with Crippen LogP contribution >= 0.6 is 24.0 Å². The second-order valence-electron chi connectivity index (χ2n) is 4.67. The van der Waals surface area contributed by atoms with Crippen LogP contribution < -0.4 is 10.2 Å². The molecule has 94 valence electrons. The summed E-state index contributed by atoms with van der Waals surface area (Å²) in [5, 5.41) is 3.90. The van der Waals surface area contributed by atoms with E-state index in [0.29, 0.717) is 0 Å². The van der Waals surface area contributed by atoms with E-state index in [0.717, 1.165) is 4.32 Å². The van der Waals surface area contributed by atoms with Crippen molar-refractivity contribution >= 4 is 34.0 Å². The largest absolute Gasteiger partial charge is 0.306 e. The van der Waals surface area contributed by atoms with Gasteiger partial charge in [-0.3, -0.25) is 5.32 Å². The van der Waals surface area contributed by atoms with Crippen LogP contribution in [0.2, 0.25) is 0 Å². The zero-order valence-electron chi connectivity index (χ0n) is 10.1. The summed E-state index contributed by atoms with van der Waals surface area (Å²) >= 11 is 7.27. The van der Waals surface area contributed by atoms with Crippen LogP contribution in [0.1, 0.15) is 22.7 Å². The molecule has 4 heteroatoms. The van der Waals surface area contributed by atoms with Crippen LogP contribution in [0.5, 0.6) is 0 Å². The van der Waals surface area contributed by atoms with Crippen molar-refractivity contribution in [3.05, 3.63) is 65.7 Å². The third-order valence-corrected chi connectivity index (χ3v) is 5.10. The molecule has 2 aromatic rings. The summed E-state index contributed by atoms with van der Waals surface area (Å²) < 4.78 is 0.955. The van der Waals surface area contributed by atoms with Gasteiger partial charge in [-0.05, 0) is 11.6 Å².